The Morgan fingerprint density at radius 2 is 2.14 bits per heavy atom. The van der Waals surface area contributed by atoms with Crippen molar-refractivity contribution in [2.75, 3.05) is 4.72 Å². The maximum absolute atomic E-state index is 12.2. The van der Waals surface area contributed by atoms with Crippen LogP contribution < -0.4 is 4.72 Å². The normalized spacial score (nSPS) is 10.8. The first-order chi connectivity index (χ1) is 9.92. The Hall–Kier alpha value is -2.37. The van der Waals surface area contributed by atoms with Gasteiger partial charge in [0.15, 0.2) is 0 Å². The minimum absolute atomic E-state index is 0.0472. The van der Waals surface area contributed by atoms with Crippen molar-refractivity contribution in [1.82, 2.24) is 0 Å². The first-order valence-corrected chi connectivity index (χ1v) is 8.10. The van der Waals surface area contributed by atoms with Crippen LogP contribution in [0.2, 0.25) is 0 Å². The van der Waals surface area contributed by atoms with Gasteiger partial charge in [-0.15, -0.1) is 11.3 Å². The van der Waals surface area contributed by atoms with E-state index in [1.165, 1.54) is 30.3 Å². The molecule has 6 nitrogen and oxygen atoms in total. The van der Waals surface area contributed by atoms with Crippen molar-refractivity contribution in [3.63, 3.8) is 0 Å². The summed E-state index contributed by atoms with van der Waals surface area (Å²) in [6.07, 6.45) is -0.256. The van der Waals surface area contributed by atoms with Crippen molar-refractivity contribution in [2.24, 2.45) is 0 Å². The van der Waals surface area contributed by atoms with Crippen LogP contribution >= 0.6 is 11.3 Å². The van der Waals surface area contributed by atoms with Crippen molar-refractivity contribution >= 4 is 33.0 Å². The van der Waals surface area contributed by atoms with E-state index in [2.05, 4.69) is 4.72 Å². The number of hydrogen-bond donors (Lipinski definition) is 2. The smallest absolute Gasteiger partial charge is 0.308 e. The molecule has 0 atom stereocenters. The van der Waals surface area contributed by atoms with Crippen LogP contribution in [-0.2, 0) is 21.2 Å². The van der Waals surface area contributed by atoms with Gasteiger partial charge in [0, 0.05) is 4.88 Å². The predicted molar refractivity (Wildman–Crippen MR) is 77.6 cm³/mol. The van der Waals surface area contributed by atoms with Gasteiger partial charge in [-0.3, -0.25) is 9.52 Å². The molecule has 8 heteroatoms. The molecule has 21 heavy (non-hydrogen) atoms. The summed E-state index contributed by atoms with van der Waals surface area (Å²) in [5.41, 5.74) is 0.471. The Balaban J connectivity index is 2.32. The number of anilines is 1. The second-order valence-electron chi connectivity index (χ2n) is 4.07. The Morgan fingerprint density at radius 1 is 1.38 bits per heavy atom. The molecular formula is C13H10N2O4S2. The standard InChI is InChI=1S/C13H10N2O4S2/c14-8-9-2-1-3-10(6-9)21(18,19)15-11-4-5-20-12(11)7-13(16)17/h1-6,15H,7H2,(H,16,17). The Labute approximate surface area is 125 Å². The molecule has 108 valence electrons. The highest BCUT2D eigenvalue weighted by atomic mass is 32.2. The van der Waals surface area contributed by atoms with Crippen LogP contribution in [0.4, 0.5) is 5.69 Å². The fourth-order valence-electron chi connectivity index (χ4n) is 1.64. The number of hydrogen-bond acceptors (Lipinski definition) is 5. The van der Waals surface area contributed by atoms with Crippen molar-refractivity contribution < 1.29 is 18.3 Å². The van der Waals surface area contributed by atoms with Gasteiger partial charge in [-0.2, -0.15) is 5.26 Å². The lowest BCUT2D eigenvalue weighted by molar-refractivity contribution is -0.136. The number of thiophene rings is 1. The summed E-state index contributed by atoms with van der Waals surface area (Å²) in [6, 6.07) is 8.97. The number of carbonyl (C=O) groups is 1. The number of carboxylic acids is 1. The summed E-state index contributed by atoms with van der Waals surface area (Å²) in [5.74, 6) is -1.04. The lowest BCUT2D eigenvalue weighted by atomic mass is 10.2. The van der Waals surface area contributed by atoms with Crippen molar-refractivity contribution in [1.29, 1.82) is 5.26 Å². The summed E-state index contributed by atoms with van der Waals surface area (Å²) >= 11 is 1.16. The van der Waals surface area contributed by atoms with E-state index in [1.54, 1.807) is 5.38 Å². The van der Waals surface area contributed by atoms with E-state index in [1.807, 2.05) is 6.07 Å². The zero-order valence-corrected chi connectivity index (χ0v) is 12.2. The number of rotatable bonds is 5. The van der Waals surface area contributed by atoms with Crippen molar-refractivity contribution in [3.8, 4) is 6.07 Å². The third-order valence-corrected chi connectivity index (χ3v) is 4.86. The first kappa shape index (κ1) is 15.0. The minimum atomic E-state index is -3.86. The maximum Gasteiger partial charge on any atom is 0.308 e. The second-order valence-corrected chi connectivity index (χ2v) is 6.76. The Kier molecular flexibility index (Phi) is 4.26. The van der Waals surface area contributed by atoms with Crippen LogP contribution in [0.25, 0.3) is 0 Å². The molecule has 0 spiro atoms. The summed E-state index contributed by atoms with van der Waals surface area (Å²) in [5, 5.41) is 19.2. The van der Waals surface area contributed by atoms with Gasteiger partial charge in [0.1, 0.15) is 0 Å². The monoisotopic (exact) mass is 322 g/mol. The van der Waals surface area contributed by atoms with Crippen molar-refractivity contribution in [2.45, 2.75) is 11.3 Å². The molecule has 0 aliphatic heterocycles. The molecular weight excluding hydrogens is 312 g/mol. The SMILES string of the molecule is N#Cc1cccc(S(=O)(=O)Nc2ccsc2CC(=O)O)c1. The lowest BCUT2D eigenvalue weighted by Crippen LogP contribution is -2.14. The zero-order valence-electron chi connectivity index (χ0n) is 10.6. The largest absolute Gasteiger partial charge is 0.481 e. The zero-order chi connectivity index (χ0) is 15.5. The van der Waals surface area contributed by atoms with E-state index < -0.39 is 16.0 Å². The Bertz CT molecular complexity index is 819. The van der Waals surface area contributed by atoms with Crippen LogP contribution in [-0.4, -0.2) is 19.5 Å². The molecule has 0 radical (unpaired) electrons. The second kappa shape index (κ2) is 5.95. The molecule has 0 aliphatic carbocycles. The van der Waals surface area contributed by atoms with E-state index in [4.69, 9.17) is 10.4 Å². The number of nitriles is 1. The average molecular weight is 322 g/mol. The summed E-state index contributed by atoms with van der Waals surface area (Å²) < 4.78 is 26.8. The minimum Gasteiger partial charge on any atom is -0.481 e. The average Bonchev–Trinajstić information content (AvgIpc) is 2.84. The number of benzene rings is 1. The van der Waals surface area contributed by atoms with Gasteiger partial charge in [-0.1, -0.05) is 6.07 Å². The maximum atomic E-state index is 12.2. The van der Waals surface area contributed by atoms with E-state index in [0.29, 0.717) is 4.88 Å². The molecule has 1 aromatic carbocycles. The molecule has 0 saturated heterocycles. The fourth-order valence-corrected chi connectivity index (χ4v) is 3.67. The molecule has 1 aromatic heterocycles. The highest BCUT2D eigenvalue weighted by Gasteiger charge is 2.18. The van der Waals surface area contributed by atoms with Gasteiger partial charge in [-0.05, 0) is 29.6 Å². The van der Waals surface area contributed by atoms with E-state index in [9.17, 15) is 13.2 Å². The molecule has 0 bridgehead atoms. The predicted octanol–water partition coefficient (Wildman–Crippen LogP) is 2.05. The van der Waals surface area contributed by atoms with E-state index in [0.717, 1.165) is 11.3 Å². The van der Waals surface area contributed by atoms with Crippen LogP contribution in [0, 0.1) is 11.3 Å². The van der Waals surface area contributed by atoms with Gasteiger partial charge in [0.2, 0.25) is 0 Å². The van der Waals surface area contributed by atoms with Crippen LogP contribution in [0.3, 0.4) is 0 Å². The number of carboxylic acid groups (broad SMARTS) is 1. The molecule has 0 amide bonds. The molecule has 0 fully saturated rings. The van der Waals surface area contributed by atoms with Crippen LogP contribution in [0.15, 0.2) is 40.6 Å². The third kappa shape index (κ3) is 3.59. The molecule has 2 rings (SSSR count). The highest BCUT2D eigenvalue weighted by molar-refractivity contribution is 7.92. The highest BCUT2D eigenvalue weighted by Crippen LogP contribution is 2.26. The fraction of sp³-hybridized carbons (Fsp3) is 0.0769. The summed E-state index contributed by atoms with van der Waals surface area (Å²) in [4.78, 5) is 11.1. The van der Waals surface area contributed by atoms with Crippen LogP contribution in [0.5, 0.6) is 0 Å². The van der Waals surface area contributed by atoms with Gasteiger partial charge in [0.05, 0.1) is 28.6 Å². The number of aliphatic carboxylic acids is 1. The third-order valence-electron chi connectivity index (χ3n) is 2.57. The first-order valence-electron chi connectivity index (χ1n) is 5.73. The molecule has 0 unspecified atom stereocenters. The number of sulfonamides is 1. The number of nitrogens with zero attached hydrogens (tertiary/aromatic N) is 1. The molecule has 1 heterocycles. The van der Waals surface area contributed by atoms with Crippen LogP contribution in [0.1, 0.15) is 10.4 Å². The number of nitrogens with one attached hydrogen (secondary N) is 1. The van der Waals surface area contributed by atoms with Crippen molar-refractivity contribution in [3.05, 3.63) is 46.2 Å². The van der Waals surface area contributed by atoms with Gasteiger partial charge in [0.25, 0.3) is 10.0 Å². The molecule has 2 aromatic rings. The van der Waals surface area contributed by atoms with E-state index >= 15 is 0 Å². The topological polar surface area (TPSA) is 107 Å². The van der Waals surface area contributed by atoms with E-state index in [-0.39, 0.29) is 22.6 Å². The Morgan fingerprint density at radius 3 is 2.81 bits per heavy atom. The molecule has 0 aliphatic rings. The van der Waals surface area contributed by atoms with Gasteiger partial charge >= 0.3 is 5.97 Å². The molecule has 2 N–H and O–H groups in total. The van der Waals surface area contributed by atoms with Gasteiger partial charge in [-0.25, -0.2) is 8.42 Å². The van der Waals surface area contributed by atoms with Gasteiger partial charge < -0.3 is 5.11 Å². The lowest BCUT2D eigenvalue weighted by Gasteiger charge is -2.08. The summed E-state index contributed by atoms with van der Waals surface area (Å²) in [7, 11) is -3.86. The summed E-state index contributed by atoms with van der Waals surface area (Å²) in [6.45, 7) is 0. The quantitative estimate of drug-likeness (QED) is 0.876. The molecule has 0 saturated carbocycles.